The highest BCUT2D eigenvalue weighted by Gasteiger charge is 2.26. The van der Waals surface area contributed by atoms with Gasteiger partial charge in [-0.25, -0.2) is 14.6 Å². The highest BCUT2D eigenvalue weighted by atomic mass is 35.5. The molecule has 0 saturated heterocycles. The molecule has 0 radical (unpaired) electrons. The topological polar surface area (TPSA) is 85.2 Å². The van der Waals surface area contributed by atoms with E-state index in [0.29, 0.717) is 26.9 Å². The van der Waals surface area contributed by atoms with E-state index in [1.165, 1.54) is 12.1 Å². The van der Waals surface area contributed by atoms with Gasteiger partial charge in [0.1, 0.15) is 5.75 Å². The van der Waals surface area contributed by atoms with Crippen LogP contribution in [0.3, 0.4) is 0 Å². The van der Waals surface area contributed by atoms with Crippen molar-refractivity contribution in [2.24, 2.45) is 4.99 Å². The van der Waals surface area contributed by atoms with Crippen LogP contribution in [0.1, 0.15) is 11.1 Å². The van der Waals surface area contributed by atoms with Gasteiger partial charge in [0.05, 0.1) is 10.6 Å². The SMILES string of the molecule is O=C(O)COc1ccccc1/C=C1\N=C(c2ccc(Cl)cc2Cl)OC1=O. The van der Waals surface area contributed by atoms with Crippen molar-refractivity contribution in [3.05, 3.63) is 69.3 Å². The highest BCUT2D eigenvalue weighted by Crippen LogP contribution is 2.28. The largest absolute Gasteiger partial charge is 0.481 e. The Morgan fingerprint density at radius 2 is 2.00 bits per heavy atom. The van der Waals surface area contributed by atoms with E-state index in [4.69, 9.17) is 37.8 Å². The standard InChI is InChI=1S/C18H11Cl2NO5/c19-11-5-6-12(13(20)8-11)17-21-14(18(24)26-17)7-10-3-1-2-4-15(10)25-9-16(22)23/h1-8H,9H2,(H,22,23)/b14-7-. The van der Waals surface area contributed by atoms with Crippen molar-refractivity contribution in [2.75, 3.05) is 6.61 Å². The minimum absolute atomic E-state index is 0.0393. The first-order valence-corrected chi connectivity index (χ1v) is 8.11. The van der Waals surface area contributed by atoms with E-state index in [-0.39, 0.29) is 11.6 Å². The minimum Gasteiger partial charge on any atom is -0.481 e. The third kappa shape index (κ3) is 4.04. The first kappa shape index (κ1) is 18.0. The second kappa shape index (κ2) is 7.59. The number of esters is 1. The number of carbonyl (C=O) groups is 2. The van der Waals surface area contributed by atoms with Gasteiger partial charge in [0.15, 0.2) is 12.3 Å². The van der Waals surface area contributed by atoms with Crippen LogP contribution in [0.4, 0.5) is 0 Å². The van der Waals surface area contributed by atoms with Crippen molar-refractivity contribution >= 4 is 47.1 Å². The van der Waals surface area contributed by atoms with Crippen LogP contribution >= 0.6 is 23.2 Å². The van der Waals surface area contributed by atoms with Crippen molar-refractivity contribution in [3.8, 4) is 5.75 Å². The van der Waals surface area contributed by atoms with Crippen LogP contribution in [-0.2, 0) is 14.3 Å². The minimum atomic E-state index is -1.11. The Labute approximate surface area is 158 Å². The molecule has 0 aromatic heterocycles. The summed E-state index contributed by atoms with van der Waals surface area (Å²) in [6.45, 7) is -0.500. The summed E-state index contributed by atoms with van der Waals surface area (Å²) in [5.74, 6) is -1.39. The van der Waals surface area contributed by atoms with Crippen LogP contribution in [0, 0.1) is 0 Å². The predicted molar refractivity (Wildman–Crippen MR) is 96.6 cm³/mol. The van der Waals surface area contributed by atoms with Gasteiger partial charge < -0.3 is 14.6 Å². The lowest BCUT2D eigenvalue weighted by molar-refractivity contribution is -0.139. The number of aliphatic carboxylic acids is 1. The molecule has 1 heterocycles. The summed E-state index contributed by atoms with van der Waals surface area (Å²) in [6.07, 6.45) is 1.45. The second-order valence-corrected chi connectivity index (χ2v) is 6.02. The first-order valence-electron chi connectivity index (χ1n) is 7.35. The molecule has 0 saturated carbocycles. The number of nitrogens with zero attached hydrogens (tertiary/aromatic N) is 1. The molecule has 0 unspecified atom stereocenters. The predicted octanol–water partition coefficient (Wildman–Crippen LogP) is 3.80. The van der Waals surface area contributed by atoms with Gasteiger partial charge in [-0.2, -0.15) is 0 Å². The molecule has 0 amide bonds. The molecule has 6 nitrogen and oxygen atoms in total. The number of rotatable bonds is 5. The van der Waals surface area contributed by atoms with Crippen LogP contribution in [0.5, 0.6) is 5.75 Å². The molecule has 8 heteroatoms. The Morgan fingerprint density at radius 3 is 2.73 bits per heavy atom. The lowest BCUT2D eigenvalue weighted by Gasteiger charge is -2.06. The van der Waals surface area contributed by atoms with Gasteiger partial charge in [0, 0.05) is 10.6 Å². The van der Waals surface area contributed by atoms with Gasteiger partial charge >= 0.3 is 11.9 Å². The Kier molecular flexibility index (Phi) is 5.25. The molecule has 0 bridgehead atoms. The number of benzene rings is 2. The Balaban J connectivity index is 1.93. The molecule has 132 valence electrons. The van der Waals surface area contributed by atoms with E-state index in [9.17, 15) is 9.59 Å². The van der Waals surface area contributed by atoms with E-state index in [1.54, 1.807) is 36.4 Å². The smallest absolute Gasteiger partial charge is 0.363 e. The number of carboxylic acid groups (broad SMARTS) is 1. The molecule has 0 spiro atoms. The van der Waals surface area contributed by atoms with Crippen molar-refractivity contribution in [3.63, 3.8) is 0 Å². The lowest BCUT2D eigenvalue weighted by atomic mass is 10.1. The average Bonchev–Trinajstić information content (AvgIpc) is 2.94. The highest BCUT2D eigenvalue weighted by molar-refractivity contribution is 6.37. The summed E-state index contributed by atoms with van der Waals surface area (Å²) in [4.78, 5) is 27.0. The third-order valence-corrected chi connectivity index (χ3v) is 3.89. The molecule has 0 aliphatic carbocycles. The normalized spacial score (nSPS) is 14.9. The zero-order valence-corrected chi connectivity index (χ0v) is 14.6. The Bertz CT molecular complexity index is 952. The fourth-order valence-corrected chi connectivity index (χ4v) is 2.69. The van der Waals surface area contributed by atoms with Crippen LogP contribution in [0.15, 0.2) is 53.2 Å². The number of hydrogen-bond acceptors (Lipinski definition) is 5. The van der Waals surface area contributed by atoms with Crippen LogP contribution in [0.25, 0.3) is 6.08 Å². The molecular formula is C18H11Cl2NO5. The van der Waals surface area contributed by atoms with Gasteiger partial charge in [0.25, 0.3) is 0 Å². The molecule has 2 aromatic carbocycles. The fourth-order valence-electron chi connectivity index (χ4n) is 2.21. The number of carboxylic acids is 1. The van der Waals surface area contributed by atoms with Gasteiger partial charge in [0.2, 0.25) is 5.90 Å². The van der Waals surface area contributed by atoms with E-state index >= 15 is 0 Å². The quantitative estimate of drug-likeness (QED) is 0.618. The molecular weight excluding hydrogens is 381 g/mol. The molecule has 1 N–H and O–H groups in total. The molecule has 2 aromatic rings. The average molecular weight is 392 g/mol. The van der Waals surface area contributed by atoms with Gasteiger partial charge in [-0.05, 0) is 30.3 Å². The summed E-state index contributed by atoms with van der Waals surface area (Å²) in [7, 11) is 0. The molecule has 1 aliphatic heterocycles. The van der Waals surface area contributed by atoms with Gasteiger partial charge in [-0.15, -0.1) is 0 Å². The molecule has 0 atom stereocenters. The van der Waals surface area contributed by atoms with E-state index in [1.807, 2.05) is 0 Å². The summed E-state index contributed by atoms with van der Waals surface area (Å²) >= 11 is 12.0. The van der Waals surface area contributed by atoms with Crippen LogP contribution < -0.4 is 4.74 Å². The van der Waals surface area contributed by atoms with E-state index in [0.717, 1.165) is 0 Å². The maximum absolute atomic E-state index is 12.1. The number of halogens is 2. The number of aliphatic imine (C=N–C) groups is 1. The van der Waals surface area contributed by atoms with Crippen molar-refractivity contribution < 1.29 is 24.2 Å². The van der Waals surface area contributed by atoms with Crippen LogP contribution in [-0.4, -0.2) is 29.5 Å². The monoisotopic (exact) mass is 391 g/mol. The Hall–Kier alpha value is -2.83. The fraction of sp³-hybridized carbons (Fsp3) is 0.0556. The van der Waals surface area contributed by atoms with E-state index < -0.39 is 18.5 Å². The summed E-state index contributed by atoms with van der Waals surface area (Å²) < 4.78 is 10.4. The first-order chi connectivity index (χ1) is 12.4. The molecule has 3 rings (SSSR count). The van der Waals surface area contributed by atoms with Gasteiger partial charge in [-0.3, -0.25) is 0 Å². The third-order valence-electron chi connectivity index (χ3n) is 3.34. The summed E-state index contributed by atoms with van der Waals surface area (Å²) in [6, 6.07) is 11.4. The van der Waals surface area contributed by atoms with Crippen LogP contribution in [0.2, 0.25) is 10.0 Å². The van der Waals surface area contributed by atoms with Gasteiger partial charge in [-0.1, -0.05) is 41.4 Å². The maximum atomic E-state index is 12.1. The van der Waals surface area contributed by atoms with Crippen molar-refractivity contribution in [1.29, 1.82) is 0 Å². The molecule has 26 heavy (non-hydrogen) atoms. The molecule has 0 fully saturated rings. The summed E-state index contributed by atoms with van der Waals surface area (Å²) in [5.41, 5.74) is 0.966. The zero-order valence-electron chi connectivity index (χ0n) is 13.1. The Morgan fingerprint density at radius 1 is 1.23 bits per heavy atom. The maximum Gasteiger partial charge on any atom is 0.363 e. The number of ether oxygens (including phenoxy) is 2. The number of para-hydroxylation sites is 1. The second-order valence-electron chi connectivity index (χ2n) is 5.18. The molecule has 1 aliphatic rings. The van der Waals surface area contributed by atoms with Crippen molar-refractivity contribution in [1.82, 2.24) is 0 Å². The number of cyclic esters (lactones) is 1. The number of carbonyl (C=O) groups excluding carboxylic acids is 1. The summed E-state index contributed by atoms with van der Waals surface area (Å²) in [5, 5.41) is 9.49. The zero-order chi connectivity index (χ0) is 18.7. The lowest BCUT2D eigenvalue weighted by Crippen LogP contribution is -2.10. The number of hydrogen-bond donors (Lipinski definition) is 1. The van der Waals surface area contributed by atoms with E-state index in [2.05, 4.69) is 4.99 Å². The van der Waals surface area contributed by atoms with Crippen molar-refractivity contribution in [2.45, 2.75) is 0 Å².